The maximum atomic E-state index is 13.9. The number of ether oxygens (including phenoxy) is 1. The number of pyridine rings is 1. The molecule has 3 heterocycles. The zero-order valence-electron chi connectivity index (χ0n) is 13.9. The number of carbonyl (C=O) groups is 1. The van der Waals surface area contributed by atoms with Crippen LogP contribution in [0, 0.1) is 5.82 Å². The first kappa shape index (κ1) is 16.2. The Hall–Kier alpha value is -2.25. The van der Waals surface area contributed by atoms with Crippen LogP contribution >= 0.6 is 0 Å². The Kier molecular flexibility index (Phi) is 4.05. The van der Waals surface area contributed by atoms with Gasteiger partial charge in [0.05, 0.1) is 18.2 Å². The number of hydrogen-bond donors (Lipinski definition) is 2. The Morgan fingerprint density at radius 1 is 1.40 bits per heavy atom. The molecular weight excluding hydrogens is 325 g/mol. The van der Waals surface area contributed by atoms with Gasteiger partial charge in [0, 0.05) is 36.6 Å². The van der Waals surface area contributed by atoms with Crippen LogP contribution in [0.3, 0.4) is 0 Å². The van der Waals surface area contributed by atoms with Crippen molar-refractivity contribution in [1.29, 1.82) is 0 Å². The maximum Gasteiger partial charge on any atom is 0.268 e. The second-order valence-electron chi connectivity index (χ2n) is 6.87. The molecular formula is C18H20FN3O3. The number of aromatic amines is 1. The van der Waals surface area contributed by atoms with E-state index in [1.54, 1.807) is 0 Å². The molecule has 2 fully saturated rings. The number of para-hydroxylation sites is 1. The average molecular weight is 345 g/mol. The first-order valence-electron chi connectivity index (χ1n) is 8.49. The van der Waals surface area contributed by atoms with Gasteiger partial charge < -0.3 is 15.0 Å². The Balaban J connectivity index is 1.53. The second-order valence-corrected chi connectivity index (χ2v) is 6.87. The van der Waals surface area contributed by atoms with Crippen molar-refractivity contribution in [3.63, 3.8) is 0 Å². The van der Waals surface area contributed by atoms with Crippen LogP contribution in [0.5, 0.6) is 0 Å². The van der Waals surface area contributed by atoms with Crippen LogP contribution < -0.4 is 10.7 Å². The number of nitrogens with zero attached hydrogens (tertiary/aromatic N) is 1. The van der Waals surface area contributed by atoms with Crippen LogP contribution in [0.2, 0.25) is 0 Å². The van der Waals surface area contributed by atoms with Crippen molar-refractivity contribution >= 4 is 16.8 Å². The van der Waals surface area contributed by atoms with Gasteiger partial charge in [-0.3, -0.25) is 14.5 Å². The fraction of sp³-hybridized carbons (Fsp3) is 0.444. The van der Waals surface area contributed by atoms with Crippen LogP contribution in [-0.4, -0.2) is 53.7 Å². The lowest BCUT2D eigenvalue weighted by atomic mass is 10.1. The lowest BCUT2D eigenvalue weighted by Gasteiger charge is -2.33. The minimum Gasteiger partial charge on any atom is -0.376 e. The maximum absolute atomic E-state index is 13.9. The molecule has 2 N–H and O–H groups in total. The highest BCUT2D eigenvalue weighted by Crippen LogP contribution is 2.23. The van der Waals surface area contributed by atoms with Gasteiger partial charge >= 0.3 is 0 Å². The van der Waals surface area contributed by atoms with E-state index < -0.39 is 5.82 Å². The molecule has 7 heteroatoms. The van der Waals surface area contributed by atoms with Gasteiger partial charge in [-0.05, 0) is 25.5 Å². The molecule has 3 atom stereocenters. The summed E-state index contributed by atoms with van der Waals surface area (Å²) in [6, 6.07) is 5.81. The van der Waals surface area contributed by atoms with Crippen LogP contribution in [0.1, 0.15) is 23.8 Å². The first-order chi connectivity index (χ1) is 12.0. The third-order valence-electron chi connectivity index (χ3n) is 4.99. The molecule has 0 spiro atoms. The molecule has 1 amide bonds. The fourth-order valence-corrected chi connectivity index (χ4v) is 3.77. The van der Waals surface area contributed by atoms with Crippen molar-refractivity contribution < 1.29 is 13.9 Å². The van der Waals surface area contributed by atoms with Crippen LogP contribution in [-0.2, 0) is 4.74 Å². The van der Waals surface area contributed by atoms with Crippen molar-refractivity contribution in [3.8, 4) is 0 Å². The zero-order valence-corrected chi connectivity index (χ0v) is 13.9. The first-order valence-corrected chi connectivity index (χ1v) is 8.49. The Bertz CT molecular complexity index is 881. The van der Waals surface area contributed by atoms with Crippen LogP contribution in [0.15, 0.2) is 29.1 Å². The number of morpholine rings is 1. The SMILES string of the molecule is C[C@H]1CN2C[C@@H](NC(=O)c3cc(=O)c4cccc(F)c4[nH]3)C[C@H]2CO1. The molecule has 2 aromatic rings. The topological polar surface area (TPSA) is 74.4 Å². The number of rotatable bonds is 2. The van der Waals surface area contributed by atoms with Crippen LogP contribution in [0.25, 0.3) is 10.9 Å². The number of hydrogen-bond acceptors (Lipinski definition) is 4. The van der Waals surface area contributed by atoms with E-state index in [2.05, 4.69) is 15.2 Å². The van der Waals surface area contributed by atoms with Gasteiger partial charge in [0.25, 0.3) is 5.91 Å². The monoisotopic (exact) mass is 345 g/mol. The third kappa shape index (κ3) is 3.05. The van der Waals surface area contributed by atoms with Gasteiger partial charge in [-0.15, -0.1) is 0 Å². The molecule has 0 saturated carbocycles. The molecule has 1 aromatic carbocycles. The van der Waals surface area contributed by atoms with E-state index in [1.165, 1.54) is 24.3 Å². The van der Waals surface area contributed by atoms with Gasteiger partial charge in [0.2, 0.25) is 0 Å². The second kappa shape index (κ2) is 6.24. The summed E-state index contributed by atoms with van der Waals surface area (Å²) in [6.07, 6.45) is 1.01. The summed E-state index contributed by atoms with van der Waals surface area (Å²) in [5.41, 5.74) is -0.229. The molecule has 132 valence electrons. The number of benzene rings is 1. The molecule has 0 bridgehead atoms. The molecule has 1 aromatic heterocycles. The summed E-state index contributed by atoms with van der Waals surface area (Å²) < 4.78 is 19.6. The van der Waals surface area contributed by atoms with Gasteiger partial charge in [-0.2, -0.15) is 0 Å². The molecule has 2 aliphatic heterocycles. The normalized spacial score (nSPS) is 26.6. The Morgan fingerprint density at radius 2 is 2.24 bits per heavy atom. The van der Waals surface area contributed by atoms with Crippen LogP contribution in [0.4, 0.5) is 4.39 Å². The van der Waals surface area contributed by atoms with E-state index in [9.17, 15) is 14.0 Å². The zero-order chi connectivity index (χ0) is 17.6. The molecule has 4 rings (SSSR count). The minimum atomic E-state index is -0.548. The number of aromatic nitrogens is 1. The molecule has 6 nitrogen and oxygen atoms in total. The van der Waals surface area contributed by atoms with E-state index in [0.29, 0.717) is 12.6 Å². The van der Waals surface area contributed by atoms with E-state index in [0.717, 1.165) is 19.5 Å². The van der Waals surface area contributed by atoms with E-state index in [1.807, 2.05) is 6.92 Å². The summed E-state index contributed by atoms with van der Waals surface area (Å²) in [7, 11) is 0. The highest BCUT2D eigenvalue weighted by Gasteiger charge is 2.36. The van der Waals surface area contributed by atoms with Gasteiger partial charge in [-0.1, -0.05) is 6.07 Å². The molecule has 2 saturated heterocycles. The Labute approximate surface area is 144 Å². The fourth-order valence-electron chi connectivity index (χ4n) is 3.77. The highest BCUT2D eigenvalue weighted by atomic mass is 19.1. The predicted octanol–water partition coefficient (Wildman–Crippen LogP) is 1.26. The molecule has 25 heavy (non-hydrogen) atoms. The summed E-state index contributed by atoms with van der Waals surface area (Å²) >= 11 is 0. The third-order valence-corrected chi connectivity index (χ3v) is 4.99. The molecule has 0 aliphatic carbocycles. The molecule has 0 unspecified atom stereocenters. The summed E-state index contributed by atoms with van der Waals surface area (Å²) in [5.74, 6) is -0.936. The van der Waals surface area contributed by atoms with Gasteiger partial charge in [-0.25, -0.2) is 4.39 Å². The predicted molar refractivity (Wildman–Crippen MR) is 91.2 cm³/mol. The lowest BCUT2D eigenvalue weighted by molar-refractivity contribution is -0.0390. The number of H-pyrrole nitrogens is 1. The largest absolute Gasteiger partial charge is 0.376 e. The average Bonchev–Trinajstić information content (AvgIpc) is 2.97. The smallest absolute Gasteiger partial charge is 0.268 e. The summed E-state index contributed by atoms with van der Waals surface area (Å²) in [5, 5.41) is 3.19. The standard InChI is InChI=1S/C18H20FN3O3/c1-10-7-22-8-11(5-12(22)9-25-10)20-18(24)15-6-16(23)13-3-2-4-14(19)17(13)21-15/h2-4,6,10-12H,5,7-9H2,1H3,(H,20,24)(H,21,23)/t10-,11-,12-/m0/s1. The van der Waals surface area contributed by atoms with Crippen molar-refractivity contribution in [2.24, 2.45) is 0 Å². The van der Waals surface area contributed by atoms with E-state index >= 15 is 0 Å². The van der Waals surface area contributed by atoms with Crippen molar-refractivity contribution in [2.75, 3.05) is 19.7 Å². The summed E-state index contributed by atoms with van der Waals surface area (Å²) in [6.45, 7) is 4.33. The van der Waals surface area contributed by atoms with Crippen molar-refractivity contribution in [1.82, 2.24) is 15.2 Å². The van der Waals surface area contributed by atoms with Gasteiger partial charge in [0.1, 0.15) is 11.5 Å². The van der Waals surface area contributed by atoms with E-state index in [4.69, 9.17) is 4.74 Å². The number of amides is 1. The molecule has 0 radical (unpaired) electrons. The van der Waals surface area contributed by atoms with E-state index in [-0.39, 0.29) is 40.1 Å². The van der Waals surface area contributed by atoms with Crippen molar-refractivity contribution in [3.05, 3.63) is 46.0 Å². The number of halogens is 1. The number of fused-ring (bicyclic) bond motifs is 2. The highest BCUT2D eigenvalue weighted by molar-refractivity contribution is 5.95. The minimum absolute atomic E-state index is 0.00813. The Morgan fingerprint density at radius 3 is 3.08 bits per heavy atom. The molecule has 2 aliphatic rings. The number of carbonyl (C=O) groups excluding carboxylic acids is 1. The quantitative estimate of drug-likeness (QED) is 0.859. The van der Waals surface area contributed by atoms with Gasteiger partial charge in [0.15, 0.2) is 5.43 Å². The lowest BCUT2D eigenvalue weighted by Crippen LogP contribution is -2.45. The summed E-state index contributed by atoms with van der Waals surface area (Å²) in [4.78, 5) is 29.7. The number of nitrogens with one attached hydrogen (secondary N) is 2. The van der Waals surface area contributed by atoms with Crippen molar-refractivity contribution in [2.45, 2.75) is 31.5 Å².